The van der Waals surface area contributed by atoms with Gasteiger partial charge < -0.3 is 4.57 Å². The monoisotopic (exact) mass is 379 g/mol. The SMILES string of the molecule is CCn1c(-c2ccncc2)nn(CN2CCCC2Cc2ccccc2)c1=S. The zero-order valence-electron chi connectivity index (χ0n) is 15.7. The average Bonchev–Trinajstić information content (AvgIpc) is 3.28. The van der Waals surface area contributed by atoms with Crippen LogP contribution in [0.2, 0.25) is 0 Å². The number of nitrogens with zero attached hydrogens (tertiary/aromatic N) is 5. The number of aromatic nitrogens is 4. The van der Waals surface area contributed by atoms with Crippen LogP contribution in [0.4, 0.5) is 0 Å². The van der Waals surface area contributed by atoms with E-state index in [0.29, 0.717) is 6.04 Å². The van der Waals surface area contributed by atoms with E-state index in [4.69, 9.17) is 17.3 Å². The van der Waals surface area contributed by atoms with E-state index in [1.165, 1.54) is 18.4 Å². The highest BCUT2D eigenvalue weighted by Gasteiger charge is 2.26. The highest BCUT2D eigenvalue weighted by atomic mass is 32.1. The van der Waals surface area contributed by atoms with Crippen LogP contribution in [-0.4, -0.2) is 36.8 Å². The fraction of sp³-hybridized carbons (Fsp3) is 0.381. The van der Waals surface area contributed by atoms with Crippen molar-refractivity contribution in [2.45, 2.75) is 45.4 Å². The Balaban J connectivity index is 1.57. The topological polar surface area (TPSA) is 38.9 Å². The summed E-state index contributed by atoms with van der Waals surface area (Å²) in [6, 6.07) is 15.3. The van der Waals surface area contributed by atoms with E-state index < -0.39 is 0 Å². The minimum atomic E-state index is 0.547. The largest absolute Gasteiger partial charge is 0.300 e. The third kappa shape index (κ3) is 3.87. The van der Waals surface area contributed by atoms with Crippen molar-refractivity contribution in [1.82, 2.24) is 24.2 Å². The molecule has 27 heavy (non-hydrogen) atoms. The second-order valence-electron chi connectivity index (χ2n) is 7.03. The molecule has 0 bridgehead atoms. The van der Waals surface area contributed by atoms with Gasteiger partial charge in [0.1, 0.15) is 0 Å². The molecule has 0 spiro atoms. The second kappa shape index (κ2) is 8.15. The lowest BCUT2D eigenvalue weighted by atomic mass is 10.0. The maximum absolute atomic E-state index is 5.74. The summed E-state index contributed by atoms with van der Waals surface area (Å²) in [4.78, 5) is 6.63. The minimum Gasteiger partial charge on any atom is -0.300 e. The van der Waals surface area contributed by atoms with E-state index in [1.807, 2.05) is 16.8 Å². The van der Waals surface area contributed by atoms with Gasteiger partial charge in [0.25, 0.3) is 0 Å². The van der Waals surface area contributed by atoms with Gasteiger partial charge in [-0.2, -0.15) is 5.10 Å². The van der Waals surface area contributed by atoms with Gasteiger partial charge in [-0.3, -0.25) is 9.88 Å². The van der Waals surface area contributed by atoms with Gasteiger partial charge in [0.15, 0.2) is 10.6 Å². The summed E-state index contributed by atoms with van der Waals surface area (Å²) in [5.41, 5.74) is 2.45. The number of likely N-dealkylation sites (tertiary alicyclic amines) is 1. The van der Waals surface area contributed by atoms with Crippen LogP contribution in [0.5, 0.6) is 0 Å². The molecule has 6 heteroatoms. The summed E-state index contributed by atoms with van der Waals surface area (Å²) in [7, 11) is 0. The van der Waals surface area contributed by atoms with E-state index in [2.05, 4.69) is 51.7 Å². The van der Waals surface area contributed by atoms with E-state index in [-0.39, 0.29) is 0 Å². The molecule has 0 aliphatic carbocycles. The lowest BCUT2D eigenvalue weighted by Crippen LogP contribution is -2.33. The highest BCUT2D eigenvalue weighted by Crippen LogP contribution is 2.23. The standard InChI is InChI=1S/C21H25N5S/c1-2-25-20(18-10-12-22-13-11-18)23-26(21(25)27)16-24-14-6-9-19(24)15-17-7-4-3-5-8-17/h3-5,7-8,10-13,19H,2,6,9,14-16H2,1H3. The molecule has 0 N–H and O–H groups in total. The molecule has 0 amide bonds. The maximum Gasteiger partial charge on any atom is 0.199 e. The van der Waals surface area contributed by atoms with E-state index in [9.17, 15) is 0 Å². The Hall–Kier alpha value is -2.31. The van der Waals surface area contributed by atoms with Gasteiger partial charge in [-0.25, -0.2) is 4.68 Å². The molecule has 1 unspecified atom stereocenters. The summed E-state index contributed by atoms with van der Waals surface area (Å²) in [5, 5.41) is 4.86. The first-order chi connectivity index (χ1) is 13.3. The molecule has 3 heterocycles. The highest BCUT2D eigenvalue weighted by molar-refractivity contribution is 7.71. The van der Waals surface area contributed by atoms with Crippen molar-refractivity contribution in [3.05, 3.63) is 65.2 Å². The van der Waals surface area contributed by atoms with Gasteiger partial charge in [-0.05, 0) is 56.1 Å². The first kappa shape index (κ1) is 18.1. The Labute approximate surface area is 165 Å². The van der Waals surface area contributed by atoms with Gasteiger partial charge in [0.2, 0.25) is 0 Å². The van der Waals surface area contributed by atoms with Crippen LogP contribution in [0.1, 0.15) is 25.3 Å². The van der Waals surface area contributed by atoms with E-state index in [1.54, 1.807) is 12.4 Å². The van der Waals surface area contributed by atoms with Gasteiger partial charge in [-0.1, -0.05) is 30.3 Å². The van der Waals surface area contributed by atoms with Crippen molar-refractivity contribution in [1.29, 1.82) is 0 Å². The molecule has 1 aliphatic heterocycles. The summed E-state index contributed by atoms with van der Waals surface area (Å²) in [6.45, 7) is 4.77. The summed E-state index contributed by atoms with van der Waals surface area (Å²) >= 11 is 5.74. The van der Waals surface area contributed by atoms with Gasteiger partial charge in [-0.15, -0.1) is 0 Å². The third-order valence-corrected chi connectivity index (χ3v) is 5.74. The van der Waals surface area contributed by atoms with Gasteiger partial charge >= 0.3 is 0 Å². The Morgan fingerprint density at radius 1 is 1.11 bits per heavy atom. The predicted octanol–water partition coefficient (Wildman–Crippen LogP) is 4.16. The van der Waals surface area contributed by atoms with Crippen molar-refractivity contribution in [3.8, 4) is 11.4 Å². The number of hydrogen-bond donors (Lipinski definition) is 0. The van der Waals surface area contributed by atoms with Crippen molar-refractivity contribution in [2.75, 3.05) is 6.54 Å². The van der Waals surface area contributed by atoms with E-state index in [0.717, 1.165) is 42.3 Å². The summed E-state index contributed by atoms with van der Waals surface area (Å²) in [6.07, 6.45) is 7.14. The lowest BCUT2D eigenvalue weighted by Gasteiger charge is -2.24. The molecular weight excluding hydrogens is 354 g/mol. The van der Waals surface area contributed by atoms with Crippen molar-refractivity contribution < 1.29 is 0 Å². The molecule has 0 radical (unpaired) electrons. The van der Waals surface area contributed by atoms with Crippen LogP contribution in [0, 0.1) is 4.77 Å². The van der Waals surface area contributed by atoms with Crippen LogP contribution in [0.25, 0.3) is 11.4 Å². The maximum atomic E-state index is 5.74. The quantitative estimate of drug-likeness (QED) is 0.603. The Morgan fingerprint density at radius 3 is 2.63 bits per heavy atom. The molecule has 5 nitrogen and oxygen atoms in total. The molecular formula is C21H25N5S. The van der Waals surface area contributed by atoms with Crippen LogP contribution < -0.4 is 0 Å². The molecule has 1 aliphatic rings. The summed E-state index contributed by atoms with van der Waals surface area (Å²) in [5.74, 6) is 0.920. The third-order valence-electron chi connectivity index (χ3n) is 5.31. The Morgan fingerprint density at radius 2 is 1.89 bits per heavy atom. The van der Waals surface area contributed by atoms with Crippen LogP contribution in [0.3, 0.4) is 0 Å². The number of benzene rings is 1. The number of pyridine rings is 1. The molecule has 1 aromatic carbocycles. The van der Waals surface area contributed by atoms with Gasteiger partial charge in [0.05, 0.1) is 6.67 Å². The fourth-order valence-corrected chi connectivity index (χ4v) is 4.22. The first-order valence-electron chi connectivity index (χ1n) is 9.62. The lowest BCUT2D eigenvalue weighted by molar-refractivity contribution is 0.187. The normalized spacial score (nSPS) is 17.4. The fourth-order valence-electron chi connectivity index (χ4n) is 3.90. The van der Waals surface area contributed by atoms with Crippen molar-refractivity contribution in [3.63, 3.8) is 0 Å². The van der Waals surface area contributed by atoms with Crippen LogP contribution >= 0.6 is 12.2 Å². The van der Waals surface area contributed by atoms with Crippen molar-refractivity contribution >= 4 is 12.2 Å². The molecule has 1 saturated heterocycles. The number of hydrogen-bond acceptors (Lipinski definition) is 4. The molecule has 3 aromatic rings. The Bertz CT molecular complexity index is 932. The molecule has 0 saturated carbocycles. The first-order valence-corrected chi connectivity index (χ1v) is 10.0. The molecule has 140 valence electrons. The van der Waals surface area contributed by atoms with E-state index >= 15 is 0 Å². The molecule has 1 fully saturated rings. The number of rotatable bonds is 6. The zero-order chi connectivity index (χ0) is 18.6. The molecule has 1 atom stereocenters. The van der Waals surface area contributed by atoms with Crippen molar-refractivity contribution in [2.24, 2.45) is 0 Å². The van der Waals surface area contributed by atoms with Crippen LogP contribution in [0.15, 0.2) is 54.9 Å². The van der Waals surface area contributed by atoms with Crippen LogP contribution in [-0.2, 0) is 19.6 Å². The smallest absolute Gasteiger partial charge is 0.199 e. The zero-order valence-corrected chi connectivity index (χ0v) is 16.5. The molecule has 4 rings (SSSR count). The second-order valence-corrected chi connectivity index (χ2v) is 7.39. The average molecular weight is 380 g/mol. The molecule has 2 aromatic heterocycles. The predicted molar refractivity (Wildman–Crippen MR) is 110 cm³/mol. The summed E-state index contributed by atoms with van der Waals surface area (Å²) < 4.78 is 4.87. The minimum absolute atomic E-state index is 0.547. The van der Waals surface area contributed by atoms with Gasteiger partial charge in [0, 0.05) is 37.1 Å². The Kier molecular flexibility index (Phi) is 5.45.